The van der Waals surface area contributed by atoms with Crippen LogP contribution in [0.5, 0.6) is 5.75 Å². The Bertz CT molecular complexity index is 1220. The highest BCUT2D eigenvalue weighted by Gasteiger charge is 2.38. The maximum Gasteiger partial charge on any atom is 0.255 e. The molecule has 0 saturated carbocycles. The SMILES string of the molecule is CC(C)CC#Cc1ccc2c(c1)O[C@@H](CN(C)C(=O)c1cccnc1)[C@H](C)CN([C@H](C)CO)S2(=O)=O. The molecule has 8 nitrogen and oxygen atoms in total. The largest absolute Gasteiger partial charge is 0.487 e. The second-order valence-electron chi connectivity index (χ2n) is 9.73. The predicted octanol–water partition coefficient (Wildman–Crippen LogP) is 3.02. The summed E-state index contributed by atoms with van der Waals surface area (Å²) in [5.74, 6) is 6.35. The van der Waals surface area contributed by atoms with Gasteiger partial charge in [0, 0.05) is 49.9 Å². The van der Waals surface area contributed by atoms with E-state index in [-0.39, 0.29) is 42.2 Å². The van der Waals surface area contributed by atoms with E-state index in [1.165, 1.54) is 16.6 Å². The fraction of sp³-hybridized carbons (Fsp3) is 0.481. The fourth-order valence-electron chi connectivity index (χ4n) is 3.94. The number of fused-ring (bicyclic) bond motifs is 1. The van der Waals surface area contributed by atoms with Crippen LogP contribution in [0.3, 0.4) is 0 Å². The number of ether oxygens (including phenoxy) is 1. The van der Waals surface area contributed by atoms with E-state index in [0.29, 0.717) is 17.0 Å². The normalized spacial score (nSPS) is 20.2. The average molecular weight is 514 g/mol. The van der Waals surface area contributed by atoms with Crippen molar-refractivity contribution in [2.75, 3.05) is 26.7 Å². The minimum absolute atomic E-state index is 0.0235. The Labute approximate surface area is 214 Å². The second-order valence-corrected chi connectivity index (χ2v) is 11.6. The number of amides is 1. The molecule has 0 bridgehead atoms. The Hall–Kier alpha value is -2.93. The van der Waals surface area contributed by atoms with Crippen LogP contribution in [0.1, 0.15) is 50.0 Å². The van der Waals surface area contributed by atoms with Gasteiger partial charge in [-0.2, -0.15) is 4.31 Å². The molecule has 0 fully saturated rings. The third-order valence-corrected chi connectivity index (χ3v) is 8.14. The van der Waals surface area contributed by atoms with Crippen molar-refractivity contribution in [2.24, 2.45) is 11.8 Å². The number of aliphatic hydroxyl groups is 1. The van der Waals surface area contributed by atoms with Crippen LogP contribution in [0, 0.1) is 23.7 Å². The van der Waals surface area contributed by atoms with Crippen LogP contribution in [0.15, 0.2) is 47.6 Å². The molecule has 1 aromatic heterocycles. The number of rotatable bonds is 6. The molecule has 0 radical (unpaired) electrons. The third kappa shape index (κ3) is 6.44. The Balaban J connectivity index is 2.00. The molecule has 1 aliphatic rings. The van der Waals surface area contributed by atoms with Gasteiger partial charge in [-0.05, 0) is 43.2 Å². The molecular formula is C27H35N3O5S. The quantitative estimate of drug-likeness (QED) is 0.596. The molecule has 0 aliphatic carbocycles. The summed E-state index contributed by atoms with van der Waals surface area (Å²) >= 11 is 0. The predicted molar refractivity (Wildman–Crippen MR) is 138 cm³/mol. The number of likely N-dealkylation sites (N-methyl/N-ethyl adjacent to an activating group) is 1. The zero-order valence-corrected chi connectivity index (χ0v) is 22.3. The summed E-state index contributed by atoms with van der Waals surface area (Å²) in [5, 5.41) is 9.80. The van der Waals surface area contributed by atoms with E-state index in [4.69, 9.17) is 4.74 Å². The van der Waals surface area contributed by atoms with Crippen molar-refractivity contribution in [1.29, 1.82) is 0 Å². The number of carbonyl (C=O) groups is 1. The number of hydrogen-bond acceptors (Lipinski definition) is 6. The van der Waals surface area contributed by atoms with Gasteiger partial charge in [-0.1, -0.05) is 32.6 Å². The molecule has 3 atom stereocenters. The fourth-order valence-corrected chi connectivity index (χ4v) is 5.77. The van der Waals surface area contributed by atoms with Gasteiger partial charge in [0.15, 0.2) is 0 Å². The summed E-state index contributed by atoms with van der Waals surface area (Å²) in [6.07, 6.45) is 3.33. The Kier molecular flexibility index (Phi) is 9.12. The molecule has 0 saturated heterocycles. The number of aliphatic hydroxyl groups excluding tert-OH is 1. The first-order chi connectivity index (χ1) is 17.0. The van der Waals surface area contributed by atoms with E-state index in [2.05, 4.69) is 30.7 Å². The minimum Gasteiger partial charge on any atom is -0.487 e. The van der Waals surface area contributed by atoms with Crippen molar-refractivity contribution in [1.82, 2.24) is 14.2 Å². The van der Waals surface area contributed by atoms with Gasteiger partial charge in [-0.15, -0.1) is 0 Å². The van der Waals surface area contributed by atoms with Crippen LogP contribution in [0.25, 0.3) is 0 Å². The first kappa shape index (κ1) is 27.7. The molecule has 0 unspecified atom stereocenters. The summed E-state index contributed by atoms with van der Waals surface area (Å²) in [6.45, 7) is 7.78. The van der Waals surface area contributed by atoms with Gasteiger partial charge in [0.25, 0.3) is 5.91 Å². The van der Waals surface area contributed by atoms with Gasteiger partial charge in [0.2, 0.25) is 10.0 Å². The Morgan fingerprint density at radius 3 is 2.69 bits per heavy atom. The van der Waals surface area contributed by atoms with Crippen molar-refractivity contribution >= 4 is 15.9 Å². The molecule has 194 valence electrons. The maximum atomic E-state index is 13.6. The number of benzene rings is 1. The van der Waals surface area contributed by atoms with Gasteiger partial charge in [-0.25, -0.2) is 8.42 Å². The molecule has 1 aliphatic heterocycles. The summed E-state index contributed by atoms with van der Waals surface area (Å²) < 4.78 is 34.8. The monoisotopic (exact) mass is 513 g/mol. The molecule has 3 rings (SSSR count). The van der Waals surface area contributed by atoms with Crippen LogP contribution < -0.4 is 4.74 Å². The third-order valence-electron chi connectivity index (χ3n) is 6.12. The van der Waals surface area contributed by atoms with Gasteiger partial charge in [0.05, 0.1) is 18.7 Å². The molecular weight excluding hydrogens is 478 g/mol. The summed E-state index contributed by atoms with van der Waals surface area (Å²) in [7, 11) is -2.25. The number of nitrogens with zero attached hydrogens (tertiary/aromatic N) is 3. The average Bonchev–Trinajstić information content (AvgIpc) is 2.85. The smallest absolute Gasteiger partial charge is 0.255 e. The first-order valence-corrected chi connectivity index (χ1v) is 13.6. The lowest BCUT2D eigenvalue weighted by atomic mass is 10.0. The number of carbonyl (C=O) groups excluding carboxylic acids is 1. The highest BCUT2D eigenvalue weighted by molar-refractivity contribution is 7.89. The van der Waals surface area contributed by atoms with Crippen LogP contribution in [0.2, 0.25) is 0 Å². The van der Waals surface area contributed by atoms with Gasteiger partial charge in [-0.3, -0.25) is 9.78 Å². The van der Waals surface area contributed by atoms with Crippen LogP contribution in [-0.2, 0) is 10.0 Å². The first-order valence-electron chi connectivity index (χ1n) is 12.1. The number of sulfonamides is 1. The van der Waals surface area contributed by atoms with Crippen molar-refractivity contribution in [2.45, 2.75) is 51.2 Å². The zero-order chi connectivity index (χ0) is 26.5. The van der Waals surface area contributed by atoms with Crippen LogP contribution in [0.4, 0.5) is 0 Å². The molecule has 36 heavy (non-hydrogen) atoms. The lowest BCUT2D eigenvalue weighted by molar-refractivity contribution is 0.0563. The van der Waals surface area contributed by atoms with E-state index in [1.54, 1.807) is 49.3 Å². The summed E-state index contributed by atoms with van der Waals surface area (Å²) in [4.78, 5) is 18.5. The number of hydrogen-bond donors (Lipinski definition) is 1. The summed E-state index contributed by atoms with van der Waals surface area (Å²) in [5.41, 5.74) is 1.11. The highest BCUT2D eigenvalue weighted by atomic mass is 32.2. The van der Waals surface area contributed by atoms with Crippen molar-refractivity contribution in [3.05, 3.63) is 53.9 Å². The molecule has 9 heteroatoms. The topological polar surface area (TPSA) is 100 Å². The van der Waals surface area contributed by atoms with E-state index in [9.17, 15) is 18.3 Å². The van der Waals surface area contributed by atoms with Crippen molar-refractivity contribution in [3.8, 4) is 17.6 Å². The highest BCUT2D eigenvalue weighted by Crippen LogP contribution is 2.34. The van der Waals surface area contributed by atoms with Gasteiger partial charge >= 0.3 is 0 Å². The van der Waals surface area contributed by atoms with Gasteiger partial charge in [0.1, 0.15) is 16.7 Å². The van der Waals surface area contributed by atoms with E-state index < -0.39 is 22.2 Å². The Morgan fingerprint density at radius 2 is 2.06 bits per heavy atom. The molecule has 2 heterocycles. The molecule has 0 spiro atoms. The van der Waals surface area contributed by atoms with Crippen LogP contribution >= 0.6 is 0 Å². The molecule has 2 aromatic rings. The molecule has 1 aromatic carbocycles. The lowest BCUT2D eigenvalue weighted by Crippen LogP contribution is -2.50. The molecule has 1 amide bonds. The van der Waals surface area contributed by atoms with Crippen LogP contribution in [-0.4, -0.2) is 72.5 Å². The van der Waals surface area contributed by atoms with Gasteiger partial charge < -0.3 is 14.7 Å². The second kappa shape index (κ2) is 11.9. The Morgan fingerprint density at radius 1 is 1.31 bits per heavy atom. The molecule has 1 N–H and O–H groups in total. The maximum absolute atomic E-state index is 13.6. The van der Waals surface area contributed by atoms with E-state index in [1.807, 2.05) is 6.92 Å². The lowest BCUT2D eigenvalue weighted by Gasteiger charge is -2.37. The minimum atomic E-state index is -3.94. The summed E-state index contributed by atoms with van der Waals surface area (Å²) in [6, 6.07) is 7.61. The standard InChI is InChI=1S/C27H35N3O5S/c1-19(2)8-6-9-22-11-12-26-24(14-22)35-25(17-29(5)27(32)23-10-7-13-28-15-23)20(3)16-30(21(4)18-31)36(26,33)34/h7,10-15,19-21,25,31H,8,16-18H2,1-5H3/t20-,21-,25+/m1/s1. The zero-order valence-electron chi connectivity index (χ0n) is 21.5. The number of aromatic nitrogens is 1. The van der Waals surface area contributed by atoms with Crippen molar-refractivity contribution in [3.63, 3.8) is 0 Å². The van der Waals surface area contributed by atoms with E-state index in [0.717, 1.165) is 6.42 Å². The number of pyridine rings is 1. The van der Waals surface area contributed by atoms with Crippen molar-refractivity contribution < 1.29 is 23.1 Å². The van der Waals surface area contributed by atoms with E-state index >= 15 is 0 Å².